The van der Waals surface area contributed by atoms with Gasteiger partial charge in [-0.2, -0.15) is 0 Å². The van der Waals surface area contributed by atoms with Crippen LogP contribution in [0.4, 0.5) is 5.69 Å². The molecule has 144 valence electrons. The predicted octanol–water partition coefficient (Wildman–Crippen LogP) is 4.73. The third-order valence-electron chi connectivity index (χ3n) is 4.49. The minimum atomic E-state index is -0.326. The molecule has 0 bridgehead atoms. The van der Waals surface area contributed by atoms with Crippen molar-refractivity contribution in [2.75, 3.05) is 18.5 Å². The first-order valence-electron chi connectivity index (χ1n) is 9.40. The van der Waals surface area contributed by atoms with Gasteiger partial charge in [0.25, 0.3) is 0 Å². The van der Waals surface area contributed by atoms with Crippen LogP contribution in [0.1, 0.15) is 41.8 Å². The highest BCUT2D eigenvalue weighted by Gasteiger charge is 2.11. The fourth-order valence-corrected chi connectivity index (χ4v) is 3.00. The zero-order valence-electron chi connectivity index (χ0n) is 16.2. The summed E-state index contributed by atoms with van der Waals surface area (Å²) in [6, 6.07) is 15.9. The Morgan fingerprint density at radius 3 is 2.56 bits per heavy atom. The molecule has 2 N–H and O–H groups in total. The number of thiocarbonyl (C=S) groups is 1. The summed E-state index contributed by atoms with van der Waals surface area (Å²) < 4.78 is 5.06. The summed E-state index contributed by atoms with van der Waals surface area (Å²) in [5, 5.41) is 7.07. The lowest BCUT2D eigenvalue weighted by Gasteiger charge is -2.18. The molecule has 0 heterocycles. The van der Waals surface area contributed by atoms with Gasteiger partial charge in [-0.15, -0.1) is 0 Å². The molecule has 0 unspecified atom stereocenters. The zero-order chi connectivity index (χ0) is 19.6. The Kier molecular flexibility index (Phi) is 8.27. The number of ether oxygens (including phenoxy) is 1. The van der Waals surface area contributed by atoms with Crippen LogP contribution in [-0.2, 0) is 11.2 Å². The van der Waals surface area contributed by atoms with Crippen molar-refractivity contribution in [3.63, 3.8) is 0 Å². The lowest BCUT2D eigenvalue weighted by atomic mass is 9.97. The van der Waals surface area contributed by atoms with E-state index in [-0.39, 0.29) is 5.97 Å². The van der Waals surface area contributed by atoms with Crippen LogP contribution < -0.4 is 10.6 Å². The number of aryl methyl sites for hydroxylation is 1. The quantitative estimate of drug-likeness (QED) is 0.509. The van der Waals surface area contributed by atoms with Gasteiger partial charge in [-0.05, 0) is 61.7 Å². The van der Waals surface area contributed by atoms with Crippen LogP contribution in [0.5, 0.6) is 0 Å². The first kappa shape index (κ1) is 20.9. The summed E-state index contributed by atoms with van der Waals surface area (Å²) in [5.74, 6) is 0.174. The SMILES string of the molecule is CCOC(=O)c1ccc(C)c(NC(=S)NC[C@H](CC)Cc2ccccc2)c1. The number of carbonyl (C=O) groups is 1. The molecule has 0 saturated heterocycles. The smallest absolute Gasteiger partial charge is 0.338 e. The summed E-state index contributed by atoms with van der Waals surface area (Å²) in [5.41, 5.74) is 3.68. The number of benzene rings is 2. The van der Waals surface area contributed by atoms with Gasteiger partial charge in [0.2, 0.25) is 0 Å². The number of nitrogens with one attached hydrogen (secondary N) is 2. The Hall–Kier alpha value is -2.40. The van der Waals surface area contributed by atoms with Gasteiger partial charge in [0.05, 0.1) is 12.2 Å². The number of hydrogen-bond donors (Lipinski definition) is 2. The van der Waals surface area contributed by atoms with Crippen molar-refractivity contribution in [1.29, 1.82) is 0 Å². The van der Waals surface area contributed by atoms with Gasteiger partial charge < -0.3 is 15.4 Å². The third-order valence-corrected chi connectivity index (χ3v) is 4.74. The van der Waals surface area contributed by atoms with E-state index in [1.54, 1.807) is 19.1 Å². The molecule has 0 fully saturated rings. The molecule has 0 aliphatic rings. The summed E-state index contributed by atoms with van der Waals surface area (Å²) in [6.45, 7) is 7.12. The van der Waals surface area contributed by atoms with Gasteiger partial charge in [-0.1, -0.05) is 49.7 Å². The molecular weight excluding hydrogens is 356 g/mol. The van der Waals surface area contributed by atoms with Gasteiger partial charge in [-0.3, -0.25) is 0 Å². The molecule has 0 aliphatic heterocycles. The minimum absolute atomic E-state index is 0.326. The fraction of sp³-hybridized carbons (Fsp3) is 0.364. The van der Waals surface area contributed by atoms with E-state index in [0.29, 0.717) is 23.2 Å². The van der Waals surface area contributed by atoms with Crippen molar-refractivity contribution in [3.05, 3.63) is 65.2 Å². The highest BCUT2D eigenvalue weighted by atomic mass is 32.1. The average Bonchev–Trinajstić information content (AvgIpc) is 2.67. The maximum absolute atomic E-state index is 11.9. The lowest BCUT2D eigenvalue weighted by molar-refractivity contribution is 0.0526. The van der Waals surface area contributed by atoms with Crippen LogP contribution >= 0.6 is 12.2 Å². The second kappa shape index (κ2) is 10.7. The number of hydrogen-bond acceptors (Lipinski definition) is 3. The molecule has 27 heavy (non-hydrogen) atoms. The molecule has 5 heteroatoms. The second-order valence-corrected chi connectivity index (χ2v) is 6.96. The standard InChI is InChI=1S/C22H28N2O2S/c1-4-17(13-18-9-7-6-8-10-18)15-23-22(27)24-20-14-19(12-11-16(20)3)21(25)26-5-2/h6-12,14,17H,4-5,13,15H2,1-3H3,(H2,23,24,27)/t17-/m1/s1. The number of anilines is 1. The maximum atomic E-state index is 11.9. The fourth-order valence-electron chi connectivity index (χ4n) is 2.81. The number of esters is 1. The molecule has 0 aromatic heterocycles. The average molecular weight is 385 g/mol. The van der Waals surface area contributed by atoms with Crippen molar-refractivity contribution in [3.8, 4) is 0 Å². The molecule has 0 saturated carbocycles. The molecular formula is C22H28N2O2S. The summed E-state index contributed by atoms with van der Waals surface area (Å²) in [6.07, 6.45) is 2.09. The lowest BCUT2D eigenvalue weighted by Crippen LogP contribution is -2.33. The molecule has 0 aliphatic carbocycles. The Labute approximate surface area is 167 Å². The monoisotopic (exact) mass is 384 g/mol. The van der Waals surface area contributed by atoms with E-state index in [9.17, 15) is 4.79 Å². The van der Waals surface area contributed by atoms with Crippen molar-refractivity contribution in [2.45, 2.75) is 33.6 Å². The van der Waals surface area contributed by atoms with Crippen LogP contribution in [0.15, 0.2) is 48.5 Å². The number of rotatable bonds is 8. The topological polar surface area (TPSA) is 50.4 Å². The van der Waals surface area contributed by atoms with E-state index >= 15 is 0 Å². The molecule has 0 amide bonds. The molecule has 1 atom stereocenters. The van der Waals surface area contributed by atoms with E-state index in [0.717, 1.165) is 30.6 Å². The Balaban J connectivity index is 1.92. The van der Waals surface area contributed by atoms with Crippen molar-refractivity contribution < 1.29 is 9.53 Å². The maximum Gasteiger partial charge on any atom is 0.338 e. The molecule has 2 rings (SSSR count). The molecule has 0 radical (unpaired) electrons. The van der Waals surface area contributed by atoms with Gasteiger partial charge in [-0.25, -0.2) is 4.79 Å². The van der Waals surface area contributed by atoms with Crippen LogP contribution in [0, 0.1) is 12.8 Å². The van der Waals surface area contributed by atoms with E-state index in [1.807, 2.05) is 19.1 Å². The minimum Gasteiger partial charge on any atom is -0.462 e. The predicted molar refractivity (Wildman–Crippen MR) is 115 cm³/mol. The summed E-state index contributed by atoms with van der Waals surface area (Å²) >= 11 is 5.45. The molecule has 4 nitrogen and oxygen atoms in total. The van der Waals surface area contributed by atoms with Gasteiger partial charge in [0, 0.05) is 12.2 Å². The number of carbonyl (C=O) groups excluding carboxylic acids is 1. The largest absolute Gasteiger partial charge is 0.462 e. The van der Waals surface area contributed by atoms with Crippen LogP contribution in [0.3, 0.4) is 0 Å². The first-order valence-corrected chi connectivity index (χ1v) is 9.80. The second-order valence-electron chi connectivity index (χ2n) is 6.55. The van der Waals surface area contributed by atoms with Gasteiger partial charge in [0.15, 0.2) is 5.11 Å². The van der Waals surface area contributed by atoms with Crippen molar-refractivity contribution >= 4 is 29.0 Å². The Bertz CT molecular complexity index is 762. The Morgan fingerprint density at radius 2 is 1.89 bits per heavy atom. The van der Waals surface area contributed by atoms with E-state index in [2.05, 4.69) is 41.8 Å². The van der Waals surface area contributed by atoms with Crippen LogP contribution in [0.2, 0.25) is 0 Å². The van der Waals surface area contributed by atoms with Crippen LogP contribution in [0.25, 0.3) is 0 Å². The summed E-state index contributed by atoms with van der Waals surface area (Å²) in [7, 11) is 0. The first-order chi connectivity index (χ1) is 13.0. The van der Waals surface area contributed by atoms with E-state index in [4.69, 9.17) is 17.0 Å². The molecule has 0 spiro atoms. The van der Waals surface area contributed by atoms with Crippen molar-refractivity contribution in [1.82, 2.24) is 5.32 Å². The third kappa shape index (κ3) is 6.68. The highest BCUT2D eigenvalue weighted by Crippen LogP contribution is 2.18. The summed E-state index contributed by atoms with van der Waals surface area (Å²) in [4.78, 5) is 11.9. The van der Waals surface area contributed by atoms with E-state index < -0.39 is 0 Å². The van der Waals surface area contributed by atoms with Crippen molar-refractivity contribution in [2.24, 2.45) is 5.92 Å². The van der Waals surface area contributed by atoms with Gasteiger partial charge >= 0.3 is 5.97 Å². The molecule has 2 aromatic rings. The van der Waals surface area contributed by atoms with E-state index in [1.165, 1.54) is 5.56 Å². The zero-order valence-corrected chi connectivity index (χ0v) is 17.1. The molecule has 2 aromatic carbocycles. The Morgan fingerprint density at radius 1 is 1.15 bits per heavy atom. The highest BCUT2D eigenvalue weighted by molar-refractivity contribution is 7.80. The normalized spacial score (nSPS) is 11.5. The van der Waals surface area contributed by atoms with Gasteiger partial charge in [0.1, 0.15) is 0 Å². The van der Waals surface area contributed by atoms with Crippen LogP contribution in [-0.4, -0.2) is 24.2 Å².